The minimum Gasteiger partial charge on any atom is -0.249 e. The molecule has 0 spiro atoms. The molecular formula is C22H10F6N4. The molecule has 0 fully saturated rings. The average Bonchev–Trinajstić information content (AvgIpc) is 3.43. The molecule has 0 N–H and O–H groups in total. The van der Waals surface area contributed by atoms with E-state index in [2.05, 4.69) is 20.0 Å². The van der Waals surface area contributed by atoms with E-state index < -0.39 is 34.9 Å². The summed E-state index contributed by atoms with van der Waals surface area (Å²) in [6.07, 6.45) is 3.75. The lowest BCUT2D eigenvalue weighted by Gasteiger charge is -2.14. The number of nitrogens with zero attached hydrogens (tertiary/aromatic N) is 4. The predicted molar refractivity (Wildman–Crippen MR) is 109 cm³/mol. The van der Waals surface area contributed by atoms with E-state index in [1.54, 1.807) is 24.3 Å². The Morgan fingerprint density at radius 2 is 0.906 bits per heavy atom. The highest BCUT2D eigenvalue weighted by Gasteiger charge is 2.51. The summed E-state index contributed by atoms with van der Waals surface area (Å²) in [5, 5.41) is 0. The first-order valence-corrected chi connectivity index (χ1v) is 9.21. The third kappa shape index (κ3) is 3.68. The molecule has 0 saturated heterocycles. The molecule has 0 aliphatic carbocycles. The number of halogens is 6. The Bertz CT molecular complexity index is 1310. The van der Waals surface area contributed by atoms with Gasteiger partial charge in [-0.05, 0) is 60.8 Å². The van der Waals surface area contributed by atoms with E-state index in [9.17, 15) is 26.3 Å². The van der Waals surface area contributed by atoms with Crippen LogP contribution in [0, 0.1) is 0 Å². The maximum atomic E-state index is 13.7. The summed E-state index contributed by atoms with van der Waals surface area (Å²) in [6.45, 7) is 0. The molecule has 32 heavy (non-hydrogen) atoms. The smallest absolute Gasteiger partial charge is 0.249 e. The van der Waals surface area contributed by atoms with Gasteiger partial charge in [0.25, 0.3) is 0 Å². The number of fused-ring (bicyclic) bond motifs is 4. The van der Waals surface area contributed by atoms with E-state index in [1.165, 1.54) is 24.3 Å². The lowest BCUT2D eigenvalue weighted by Crippen LogP contribution is -2.24. The van der Waals surface area contributed by atoms with Crippen LogP contribution in [0.3, 0.4) is 0 Å². The van der Waals surface area contributed by atoms with Crippen molar-refractivity contribution < 1.29 is 26.3 Å². The van der Waals surface area contributed by atoms with E-state index in [4.69, 9.17) is 0 Å². The molecule has 0 radical (unpaired) electrons. The molecule has 0 unspecified atom stereocenters. The molecule has 0 aromatic heterocycles. The summed E-state index contributed by atoms with van der Waals surface area (Å²) < 4.78 is 82.5. The number of hydrogen-bond acceptors (Lipinski definition) is 4. The van der Waals surface area contributed by atoms with Gasteiger partial charge >= 0.3 is 12.4 Å². The first-order valence-electron chi connectivity index (χ1n) is 9.21. The van der Waals surface area contributed by atoms with Gasteiger partial charge in [-0.3, -0.25) is 0 Å². The fourth-order valence-corrected chi connectivity index (χ4v) is 3.53. The van der Waals surface area contributed by atoms with Gasteiger partial charge in [0.1, 0.15) is 0 Å². The number of rotatable bonds is 0. The summed E-state index contributed by atoms with van der Waals surface area (Å²) >= 11 is 0. The Hall–Kier alpha value is -3.82. The molecule has 0 saturated carbocycles. The maximum absolute atomic E-state index is 13.7. The highest BCUT2D eigenvalue weighted by Crippen LogP contribution is 2.45. The molecular weight excluding hydrogens is 434 g/mol. The zero-order valence-corrected chi connectivity index (χ0v) is 15.8. The SMILES string of the molecule is FC(F)(F)C1=C(C(F)(F)F)C2=NC1=CC1=NC(=CC3=NC(=CC4=NC(=C2)C=C4)C=C3)C=C1. The molecule has 0 amide bonds. The van der Waals surface area contributed by atoms with Crippen LogP contribution >= 0.6 is 0 Å². The Balaban J connectivity index is 1.76. The van der Waals surface area contributed by atoms with Crippen LogP contribution in [-0.2, 0) is 0 Å². The van der Waals surface area contributed by atoms with Gasteiger partial charge in [0.2, 0.25) is 0 Å². The summed E-state index contributed by atoms with van der Waals surface area (Å²) in [7, 11) is 0. The first kappa shape index (κ1) is 20.1. The maximum Gasteiger partial charge on any atom is 0.419 e. The van der Waals surface area contributed by atoms with Crippen LogP contribution < -0.4 is 0 Å². The molecule has 5 heterocycles. The lowest BCUT2D eigenvalue weighted by molar-refractivity contribution is -0.108. The van der Waals surface area contributed by atoms with Crippen LogP contribution in [0.4, 0.5) is 26.3 Å². The second kappa shape index (κ2) is 6.84. The second-order valence-corrected chi connectivity index (χ2v) is 7.09. The van der Waals surface area contributed by atoms with Crippen molar-refractivity contribution in [1.82, 2.24) is 0 Å². The van der Waals surface area contributed by atoms with E-state index in [-0.39, 0.29) is 11.4 Å². The number of aliphatic imine (C=N–C) groups is 4. The monoisotopic (exact) mass is 444 g/mol. The van der Waals surface area contributed by atoms with Crippen molar-refractivity contribution in [3.63, 3.8) is 0 Å². The zero-order chi connectivity index (χ0) is 22.7. The van der Waals surface area contributed by atoms with Crippen LogP contribution in [-0.4, -0.2) is 35.2 Å². The van der Waals surface area contributed by atoms with Gasteiger partial charge in [-0.15, -0.1) is 0 Å². The number of allylic oxidation sites excluding steroid dienone is 12. The number of alkyl halides is 6. The third-order valence-electron chi connectivity index (χ3n) is 4.78. The van der Waals surface area contributed by atoms with Gasteiger partial charge in [0.15, 0.2) is 0 Å². The van der Waals surface area contributed by atoms with Crippen molar-refractivity contribution in [3.05, 3.63) is 94.7 Å². The zero-order valence-electron chi connectivity index (χ0n) is 15.8. The van der Waals surface area contributed by atoms with Gasteiger partial charge in [-0.2, -0.15) is 26.3 Å². The molecule has 5 rings (SSSR count). The van der Waals surface area contributed by atoms with Crippen LogP contribution in [0.2, 0.25) is 0 Å². The fraction of sp³-hybridized carbons (Fsp3) is 0.0909. The Labute approximate surface area is 176 Å². The standard InChI is InChI=1S/C22H10F6N4/c23-21(24,25)19-17-9-15-5-3-13(30-15)7-11-1-2-12(29-11)8-14-4-6-16(31-14)10-18(32-17)20(19)22(26,27)28/h1-10H. The Morgan fingerprint density at radius 1 is 0.469 bits per heavy atom. The first-order chi connectivity index (χ1) is 15.1. The third-order valence-corrected chi connectivity index (χ3v) is 4.78. The van der Waals surface area contributed by atoms with Gasteiger partial charge < -0.3 is 0 Å². The highest BCUT2D eigenvalue weighted by atomic mass is 19.4. The fourth-order valence-electron chi connectivity index (χ4n) is 3.53. The van der Waals surface area contributed by atoms with Gasteiger partial charge in [0.05, 0.1) is 56.8 Å². The molecule has 4 nitrogen and oxygen atoms in total. The average molecular weight is 444 g/mol. The van der Waals surface area contributed by atoms with Crippen LogP contribution in [0.25, 0.3) is 0 Å². The summed E-state index contributed by atoms with van der Waals surface area (Å²) in [5.74, 6) is 0. The highest BCUT2D eigenvalue weighted by molar-refractivity contribution is 6.17. The molecule has 5 aliphatic rings. The summed E-state index contributed by atoms with van der Waals surface area (Å²) in [5.41, 5.74) is -3.43. The molecule has 10 heteroatoms. The minimum absolute atomic E-state index is 0.0404. The van der Waals surface area contributed by atoms with Crippen LogP contribution in [0.15, 0.2) is 115 Å². The van der Waals surface area contributed by atoms with E-state index in [1.807, 2.05) is 0 Å². The quantitative estimate of drug-likeness (QED) is 0.447. The Morgan fingerprint density at radius 3 is 1.38 bits per heavy atom. The summed E-state index contributed by atoms with van der Waals surface area (Å²) in [4.78, 5) is 16.4. The second-order valence-electron chi connectivity index (χ2n) is 7.09. The Kier molecular flexibility index (Phi) is 4.30. The minimum atomic E-state index is -5.28. The van der Waals surface area contributed by atoms with Crippen molar-refractivity contribution in [2.24, 2.45) is 20.0 Å². The van der Waals surface area contributed by atoms with Crippen molar-refractivity contribution in [3.8, 4) is 0 Å². The van der Waals surface area contributed by atoms with Gasteiger partial charge in [0, 0.05) is 0 Å². The van der Waals surface area contributed by atoms with E-state index in [0.29, 0.717) is 22.8 Å². The van der Waals surface area contributed by atoms with E-state index >= 15 is 0 Å². The lowest BCUT2D eigenvalue weighted by atomic mass is 10.0. The van der Waals surface area contributed by atoms with Crippen molar-refractivity contribution in [2.75, 3.05) is 0 Å². The number of hydrogen-bond donors (Lipinski definition) is 0. The largest absolute Gasteiger partial charge is 0.419 e. The summed E-state index contributed by atoms with van der Waals surface area (Å²) in [6, 6.07) is 0. The normalized spacial score (nSPS) is 21.8. The molecule has 5 aliphatic heterocycles. The predicted octanol–water partition coefficient (Wildman–Crippen LogP) is 5.44. The molecule has 0 atom stereocenters. The van der Waals surface area contributed by atoms with Crippen molar-refractivity contribution in [2.45, 2.75) is 12.4 Å². The van der Waals surface area contributed by atoms with Crippen molar-refractivity contribution in [1.29, 1.82) is 0 Å². The van der Waals surface area contributed by atoms with E-state index in [0.717, 1.165) is 12.2 Å². The van der Waals surface area contributed by atoms with Crippen LogP contribution in [0.1, 0.15) is 0 Å². The van der Waals surface area contributed by atoms with Crippen molar-refractivity contribution >= 4 is 22.8 Å². The molecule has 0 aromatic carbocycles. The topological polar surface area (TPSA) is 49.4 Å². The molecule has 0 aromatic rings. The molecule has 160 valence electrons. The molecule has 8 bridgehead atoms. The van der Waals surface area contributed by atoms with Crippen LogP contribution in [0.5, 0.6) is 0 Å². The van der Waals surface area contributed by atoms with Gasteiger partial charge in [-0.1, -0.05) is 0 Å². The van der Waals surface area contributed by atoms with Gasteiger partial charge in [-0.25, -0.2) is 20.0 Å².